The minimum Gasteiger partial charge on any atom is -0.444 e. The molecule has 0 saturated carbocycles. The Hall–Kier alpha value is -1.26. The van der Waals surface area contributed by atoms with Crippen LogP contribution in [0.1, 0.15) is 57.2 Å². The summed E-state index contributed by atoms with van der Waals surface area (Å²) in [5, 5.41) is 0.738. The van der Waals surface area contributed by atoms with E-state index in [0.717, 1.165) is 24.3 Å². The zero-order valence-electron chi connectivity index (χ0n) is 14.1. The number of nitrogens with two attached hydrogens (primary N) is 1. The van der Waals surface area contributed by atoms with E-state index in [0.29, 0.717) is 13.1 Å². The highest BCUT2D eigenvalue weighted by Gasteiger charge is 2.45. The Kier molecular flexibility index (Phi) is 4.09. The lowest BCUT2D eigenvalue weighted by atomic mass is 9.74. The number of fused-ring (bicyclic) bond motifs is 2. The Morgan fingerprint density at radius 1 is 1.35 bits per heavy atom. The molecule has 2 aliphatic rings. The molecule has 1 heterocycles. The zero-order chi connectivity index (χ0) is 16.8. The quantitative estimate of drug-likeness (QED) is 0.778. The van der Waals surface area contributed by atoms with Gasteiger partial charge in [-0.2, -0.15) is 0 Å². The average Bonchev–Trinajstić information content (AvgIpc) is 2.70. The van der Waals surface area contributed by atoms with Crippen LogP contribution < -0.4 is 5.73 Å². The van der Waals surface area contributed by atoms with Crippen LogP contribution in [0.25, 0.3) is 0 Å². The number of ether oxygens (including phenoxy) is 1. The predicted molar refractivity (Wildman–Crippen MR) is 91.7 cm³/mol. The molecule has 0 aromatic heterocycles. The summed E-state index contributed by atoms with van der Waals surface area (Å²) in [5.74, 6) is 0. The summed E-state index contributed by atoms with van der Waals surface area (Å²) < 4.78 is 5.48. The molecule has 1 atom stereocenters. The van der Waals surface area contributed by atoms with E-state index >= 15 is 0 Å². The average molecular weight is 337 g/mol. The molecule has 0 radical (unpaired) electrons. The van der Waals surface area contributed by atoms with Crippen molar-refractivity contribution in [3.63, 3.8) is 0 Å². The zero-order valence-corrected chi connectivity index (χ0v) is 14.8. The van der Waals surface area contributed by atoms with Gasteiger partial charge in [-0.25, -0.2) is 4.79 Å². The molecule has 0 bridgehead atoms. The first-order valence-electron chi connectivity index (χ1n) is 8.24. The van der Waals surface area contributed by atoms with Crippen molar-refractivity contribution in [1.82, 2.24) is 4.90 Å². The number of piperidine rings is 1. The largest absolute Gasteiger partial charge is 0.444 e. The molecule has 1 saturated heterocycles. The van der Waals surface area contributed by atoms with E-state index < -0.39 is 5.60 Å². The molecule has 126 valence electrons. The van der Waals surface area contributed by atoms with Crippen molar-refractivity contribution < 1.29 is 9.53 Å². The third-order valence-electron chi connectivity index (χ3n) is 4.97. The van der Waals surface area contributed by atoms with E-state index in [1.54, 1.807) is 0 Å². The topological polar surface area (TPSA) is 55.6 Å². The van der Waals surface area contributed by atoms with Crippen LogP contribution in [0.4, 0.5) is 4.79 Å². The smallest absolute Gasteiger partial charge is 0.410 e. The maximum Gasteiger partial charge on any atom is 0.410 e. The van der Waals surface area contributed by atoms with Gasteiger partial charge in [-0.15, -0.1) is 0 Å². The Bertz CT molecular complexity index is 616. The monoisotopic (exact) mass is 336 g/mol. The van der Waals surface area contributed by atoms with Gasteiger partial charge in [0.2, 0.25) is 0 Å². The van der Waals surface area contributed by atoms with Crippen LogP contribution in [0.5, 0.6) is 0 Å². The second-order valence-electron chi connectivity index (χ2n) is 7.79. The molecule has 4 nitrogen and oxygen atoms in total. The van der Waals surface area contributed by atoms with Crippen molar-refractivity contribution in [2.75, 3.05) is 13.1 Å². The molecule has 23 heavy (non-hydrogen) atoms. The summed E-state index contributed by atoms with van der Waals surface area (Å²) >= 11 is 6.12. The van der Waals surface area contributed by atoms with E-state index in [1.165, 1.54) is 11.1 Å². The SMILES string of the molecule is CC(C)(C)OC(=O)N1CCC2(CC1)C[C@@H](N)c1cc(Cl)ccc12. The van der Waals surface area contributed by atoms with E-state index in [2.05, 4.69) is 6.07 Å². The third-order valence-corrected chi connectivity index (χ3v) is 5.20. The van der Waals surface area contributed by atoms with E-state index in [-0.39, 0.29) is 17.6 Å². The van der Waals surface area contributed by atoms with Crippen LogP contribution in [0.3, 0.4) is 0 Å². The Labute approximate surface area is 142 Å². The molecule has 5 heteroatoms. The van der Waals surface area contributed by atoms with Gasteiger partial charge in [0.15, 0.2) is 0 Å². The van der Waals surface area contributed by atoms with Crippen LogP contribution >= 0.6 is 11.6 Å². The fraction of sp³-hybridized carbons (Fsp3) is 0.611. The molecular formula is C18H25ClN2O2. The van der Waals surface area contributed by atoms with Crippen molar-refractivity contribution in [3.05, 3.63) is 34.3 Å². The second-order valence-corrected chi connectivity index (χ2v) is 8.23. The minimum atomic E-state index is -0.453. The summed E-state index contributed by atoms with van der Waals surface area (Å²) in [4.78, 5) is 14.0. The Balaban J connectivity index is 1.74. The normalized spacial score (nSPS) is 23.0. The van der Waals surface area contributed by atoms with Gasteiger partial charge < -0.3 is 15.4 Å². The maximum absolute atomic E-state index is 12.2. The number of carbonyl (C=O) groups excluding carboxylic acids is 1. The number of nitrogens with zero attached hydrogens (tertiary/aromatic N) is 1. The molecule has 3 rings (SSSR count). The highest BCUT2D eigenvalue weighted by atomic mass is 35.5. The van der Waals surface area contributed by atoms with Crippen LogP contribution in [0, 0.1) is 0 Å². The number of amides is 1. The van der Waals surface area contributed by atoms with Crippen molar-refractivity contribution in [2.45, 2.75) is 57.1 Å². The first-order chi connectivity index (χ1) is 10.7. The van der Waals surface area contributed by atoms with Crippen molar-refractivity contribution in [3.8, 4) is 0 Å². The van der Waals surface area contributed by atoms with Gasteiger partial charge in [0.1, 0.15) is 5.60 Å². The van der Waals surface area contributed by atoms with Crippen LogP contribution in [-0.4, -0.2) is 29.7 Å². The number of carbonyl (C=O) groups is 1. The number of rotatable bonds is 0. The maximum atomic E-state index is 12.2. The molecule has 1 amide bonds. The Morgan fingerprint density at radius 2 is 2.00 bits per heavy atom. The molecule has 1 fully saturated rings. The van der Waals surface area contributed by atoms with E-state index in [9.17, 15) is 4.79 Å². The fourth-order valence-corrected chi connectivity index (χ4v) is 4.06. The minimum absolute atomic E-state index is 0.0387. The lowest BCUT2D eigenvalue weighted by Gasteiger charge is -2.40. The standard InChI is InChI=1S/C18H25ClN2O2/c1-17(2,3)23-16(22)21-8-6-18(7-9-21)11-15(20)13-10-12(19)4-5-14(13)18/h4-5,10,15H,6-9,11,20H2,1-3H3/t15-/m1/s1. The number of hydrogen-bond acceptors (Lipinski definition) is 3. The van der Waals surface area contributed by atoms with Crippen molar-refractivity contribution >= 4 is 17.7 Å². The van der Waals surface area contributed by atoms with Gasteiger partial charge in [-0.1, -0.05) is 17.7 Å². The molecule has 1 spiro atoms. The van der Waals surface area contributed by atoms with Gasteiger partial charge in [0.25, 0.3) is 0 Å². The molecule has 1 aromatic rings. The summed E-state index contributed by atoms with van der Waals surface area (Å²) in [6.07, 6.45) is 2.57. The molecule has 0 unspecified atom stereocenters. The molecular weight excluding hydrogens is 312 g/mol. The Morgan fingerprint density at radius 3 is 2.61 bits per heavy atom. The molecule has 1 aliphatic heterocycles. The first kappa shape index (κ1) is 16.6. The molecule has 1 aromatic carbocycles. The van der Waals surface area contributed by atoms with Crippen molar-refractivity contribution in [2.24, 2.45) is 5.73 Å². The van der Waals surface area contributed by atoms with Crippen LogP contribution in [-0.2, 0) is 10.2 Å². The molecule has 2 N–H and O–H groups in total. The third kappa shape index (κ3) is 3.20. The van der Waals surface area contributed by atoms with Gasteiger partial charge >= 0.3 is 6.09 Å². The summed E-state index contributed by atoms with van der Waals surface area (Å²) in [5.41, 5.74) is 8.45. The van der Waals surface area contributed by atoms with Gasteiger partial charge in [-0.3, -0.25) is 0 Å². The van der Waals surface area contributed by atoms with Crippen molar-refractivity contribution in [1.29, 1.82) is 0 Å². The summed E-state index contributed by atoms with van der Waals surface area (Å²) in [6.45, 7) is 7.11. The van der Waals surface area contributed by atoms with Gasteiger partial charge in [0, 0.05) is 29.6 Å². The van der Waals surface area contributed by atoms with Crippen LogP contribution in [0.15, 0.2) is 18.2 Å². The number of hydrogen-bond donors (Lipinski definition) is 1. The number of halogens is 1. The first-order valence-corrected chi connectivity index (χ1v) is 8.61. The summed E-state index contributed by atoms with van der Waals surface area (Å²) in [6, 6.07) is 6.10. The fourth-order valence-electron chi connectivity index (χ4n) is 3.88. The van der Waals surface area contributed by atoms with E-state index in [4.69, 9.17) is 22.1 Å². The highest BCUT2D eigenvalue weighted by Crippen LogP contribution is 2.50. The predicted octanol–water partition coefficient (Wildman–Crippen LogP) is 4.01. The number of benzene rings is 1. The van der Waals surface area contributed by atoms with Crippen LogP contribution in [0.2, 0.25) is 5.02 Å². The molecule has 1 aliphatic carbocycles. The number of likely N-dealkylation sites (tertiary alicyclic amines) is 1. The summed E-state index contributed by atoms with van der Waals surface area (Å²) in [7, 11) is 0. The van der Waals surface area contributed by atoms with Gasteiger partial charge in [-0.05, 0) is 63.3 Å². The highest BCUT2D eigenvalue weighted by molar-refractivity contribution is 6.30. The van der Waals surface area contributed by atoms with E-state index in [1.807, 2.05) is 37.8 Å². The lowest BCUT2D eigenvalue weighted by Crippen LogP contribution is -2.46. The lowest BCUT2D eigenvalue weighted by molar-refractivity contribution is 0.0162. The second kappa shape index (κ2) is 5.67. The van der Waals surface area contributed by atoms with Gasteiger partial charge in [0.05, 0.1) is 0 Å².